The summed E-state index contributed by atoms with van der Waals surface area (Å²) in [5, 5.41) is 2.08. The highest BCUT2D eigenvalue weighted by Crippen LogP contribution is 2.40. The summed E-state index contributed by atoms with van der Waals surface area (Å²) in [6.07, 6.45) is 0.131. The summed E-state index contributed by atoms with van der Waals surface area (Å²) in [7, 11) is 1.88. The van der Waals surface area contributed by atoms with Gasteiger partial charge in [0.1, 0.15) is 6.04 Å². The zero-order valence-corrected chi connectivity index (χ0v) is 15.3. The number of carbonyl (C=O) groups excluding carboxylic acids is 1. The quantitative estimate of drug-likeness (QED) is 0.658. The van der Waals surface area contributed by atoms with Crippen molar-refractivity contribution in [1.82, 2.24) is 5.32 Å². The standard InChI is InChI=1S/C15H22N2O7S/c1-21-12-5-9(6-13(22-2)14(12)23-3)17-25(19,20)10-7-11(16-8-10)15(18)24-4/h5-6,10-11,16-17H,7-8H2,1-4H3. The number of methoxy groups -OCH3 is 4. The van der Waals surface area contributed by atoms with Gasteiger partial charge in [-0.25, -0.2) is 8.42 Å². The van der Waals surface area contributed by atoms with Crippen LogP contribution in [0.1, 0.15) is 6.42 Å². The lowest BCUT2D eigenvalue weighted by Crippen LogP contribution is -2.31. The molecule has 0 aliphatic carbocycles. The number of hydrogen-bond donors (Lipinski definition) is 2. The fourth-order valence-corrected chi connectivity index (χ4v) is 4.02. The Bertz CT molecular complexity index is 710. The van der Waals surface area contributed by atoms with Gasteiger partial charge in [0.15, 0.2) is 11.5 Å². The number of rotatable bonds is 7. The molecular weight excluding hydrogens is 352 g/mol. The smallest absolute Gasteiger partial charge is 0.322 e. The number of esters is 1. The van der Waals surface area contributed by atoms with Crippen LogP contribution in [0.5, 0.6) is 17.2 Å². The maximum atomic E-state index is 12.6. The molecule has 0 spiro atoms. The number of benzene rings is 1. The minimum absolute atomic E-state index is 0.131. The summed E-state index contributed by atoms with van der Waals surface area (Å²) in [6.45, 7) is 0.152. The third kappa shape index (κ3) is 4.07. The molecule has 2 atom stereocenters. The van der Waals surface area contributed by atoms with Crippen molar-refractivity contribution in [3.8, 4) is 17.2 Å². The van der Waals surface area contributed by atoms with E-state index in [2.05, 4.69) is 14.8 Å². The maximum Gasteiger partial charge on any atom is 0.322 e. The van der Waals surface area contributed by atoms with Crippen LogP contribution in [-0.2, 0) is 19.6 Å². The predicted molar refractivity (Wildman–Crippen MR) is 90.9 cm³/mol. The number of nitrogens with one attached hydrogen (secondary N) is 2. The first-order valence-electron chi connectivity index (χ1n) is 7.49. The Morgan fingerprint density at radius 3 is 2.20 bits per heavy atom. The summed E-state index contributed by atoms with van der Waals surface area (Å²) < 4.78 is 48.0. The largest absolute Gasteiger partial charge is 0.493 e. The Morgan fingerprint density at radius 1 is 1.12 bits per heavy atom. The van der Waals surface area contributed by atoms with Gasteiger partial charge in [-0.3, -0.25) is 9.52 Å². The summed E-state index contributed by atoms with van der Waals surface area (Å²) in [6, 6.07) is 2.37. The zero-order valence-electron chi connectivity index (χ0n) is 14.5. The van der Waals surface area contributed by atoms with E-state index in [1.807, 2.05) is 0 Å². The fraction of sp³-hybridized carbons (Fsp3) is 0.533. The molecule has 0 aromatic heterocycles. The highest BCUT2D eigenvalue weighted by Gasteiger charge is 2.38. The summed E-state index contributed by atoms with van der Waals surface area (Å²) in [5.41, 5.74) is 0.274. The monoisotopic (exact) mass is 374 g/mol. The molecule has 0 bridgehead atoms. The Morgan fingerprint density at radius 2 is 1.72 bits per heavy atom. The minimum atomic E-state index is -3.73. The Balaban J connectivity index is 2.22. The summed E-state index contributed by atoms with van der Waals surface area (Å²) in [4.78, 5) is 11.5. The first-order valence-corrected chi connectivity index (χ1v) is 9.03. The van der Waals surface area contributed by atoms with E-state index in [1.165, 1.54) is 40.6 Å². The molecule has 9 nitrogen and oxygen atoms in total. The second-order valence-corrected chi connectivity index (χ2v) is 7.36. The van der Waals surface area contributed by atoms with Crippen molar-refractivity contribution in [3.63, 3.8) is 0 Å². The van der Waals surface area contributed by atoms with Crippen molar-refractivity contribution in [2.45, 2.75) is 17.7 Å². The molecule has 1 heterocycles. The number of sulfonamides is 1. The first kappa shape index (κ1) is 19.1. The van der Waals surface area contributed by atoms with Gasteiger partial charge in [-0.05, 0) is 6.42 Å². The van der Waals surface area contributed by atoms with Gasteiger partial charge in [0.25, 0.3) is 0 Å². The number of carbonyl (C=O) groups is 1. The summed E-state index contributed by atoms with van der Waals surface area (Å²) >= 11 is 0. The normalized spacial score (nSPS) is 20.0. The molecule has 140 valence electrons. The molecule has 2 rings (SSSR count). The second-order valence-electron chi connectivity index (χ2n) is 5.40. The SMILES string of the molecule is COC(=O)C1CC(S(=O)(=O)Nc2cc(OC)c(OC)c(OC)c2)CN1. The molecule has 25 heavy (non-hydrogen) atoms. The average Bonchev–Trinajstić information content (AvgIpc) is 3.10. The number of hydrogen-bond acceptors (Lipinski definition) is 8. The number of ether oxygens (including phenoxy) is 4. The van der Waals surface area contributed by atoms with Gasteiger partial charge in [0, 0.05) is 18.7 Å². The van der Waals surface area contributed by atoms with Crippen molar-refractivity contribution in [1.29, 1.82) is 0 Å². The van der Waals surface area contributed by atoms with Crippen LogP contribution < -0.4 is 24.2 Å². The van der Waals surface area contributed by atoms with E-state index in [0.29, 0.717) is 17.2 Å². The van der Waals surface area contributed by atoms with E-state index in [9.17, 15) is 13.2 Å². The lowest BCUT2D eigenvalue weighted by Gasteiger charge is -2.17. The molecule has 0 radical (unpaired) electrons. The minimum Gasteiger partial charge on any atom is -0.493 e. The molecule has 1 aliphatic heterocycles. The number of anilines is 1. The van der Waals surface area contributed by atoms with Crippen LogP contribution in [0.25, 0.3) is 0 Å². The van der Waals surface area contributed by atoms with Crippen LogP contribution in [0.4, 0.5) is 5.69 Å². The molecular formula is C15H22N2O7S. The third-order valence-electron chi connectivity index (χ3n) is 3.94. The highest BCUT2D eigenvalue weighted by atomic mass is 32.2. The van der Waals surface area contributed by atoms with E-state index < -0.39 is 27.3 Å². The van der Waals surface area contributed by atoms with Crippen LogP contribution in [0.15, 0.2) is 12.1 Å². The Kier molecular flexibility index (Phi) is 5.96. The zero-order chi connectivity index (χ0) is 18.6. The molecule has 2 N–H and O–H groups in total. The summed E-state index contributed by atoms with van der Waals surface area (Å²) in [5.74, 6) is 0.541. The molecule has 1 aromatic carbocycles. The van der Waals surface area contributed by atoms with Crippen molar-refractivity contribution < 1.29 is 32.2 Å². The van der Waals surface area contributed by atoms with Crippen LogP contribution >= 0.6 is 0 Å². The predicted octanol–water partition coefficient (Wildman–Crippen LogP) is 0.358. The molecule has 1 saturated heterocycles. The van der Waals surface area contributed by atoms with Crippen LogP contribution in [0.3, 0.4) is 0 Å². The Labute approximate surface area is 146 Å². The van der Waals surface area contributed by atoms with Crippen LogP contribution in [0.2, 0.25) is 0 Å². The van der Waals surface area contributed by atoms with Crippen molar-refractivity contribution in [2.24, 2.45) is 0 Å². The van der Waals surface area contributed by atoms with Gasteiger partial charge in [-0.2, -0.15) is 0 Å². The van der Waals surface area contributed by atoms with Gasteiger partial charge in [-0.1, -0.05) is 0 Å². The fourth-order valence-electron chi connectivity index (χ4n) is 2.65. The van der Waals surface area contributed by atoms with Crippen LogP contribution in [-0.4, -0.2) is 60.7 Å². The van der Waals surface area contributed by atoms with Gasteiger partial charge in [0.05, 0.1) is 39.4 Å². The molecule has 1 aromatic rings. The van der Waals surface area contributed by atoms with Crippen molar-refractivity contribution in [3.05, 3.63) is 12.1 Å². The van der Waals surface area contributed by atoms with Crippen molar-refractivity contribution in [2.75, 3.05) is 39.7 Å². The van der Waals surface area contributed by atoms with Gasteiger partial charge in [0.2, 0.25) is 15.8 Å². The molecule has 10 heteroatoms. The van der Waals surface area contributed by atoms with E-state index in [0.717, 1.165) is 0 Å². The maximum absolute atomic E-state index is 12.6. The highest BCUT2D eigenvalue weighted by molar-refractivity contribution is 7.93. The average molecular weight is 374 g/mol. The molecule has 0 amide bonds. The van der Waals surface area contributed by atoms with E-state index in [1.54, 1.807) is 0 Å². The molecule has 1 fully saturated rings. The second kappa shape index (κ2) is 7.79. The molecule has 1 aliphatic rings. The van der Waals surface area contributed by atoms with Gasteiger partial charge >= 0.3 is 5.97 Å². The lowest BCUT2D eigenvalue weighted by atomic mass is 10.2. The third-order valence-corrected chi connectivity index (χ3v) is 5.70. The topological polar surface area (TPSA) is 112 Å². The molecule has 0 saturated carbocycles. The van der Waals surface area contributed by atoms with E-state index in [4.69, 9.17) is 14.2 Å². The van der Waals surface area contributed by atoms with Crippen molar-refractivity contribution >= 4 is 21.7 Å². The molecule has 2 unspecified atom stereocenters. The van der Waals surface area contributed by atoms with E-state index in [-0.39, 0.29) is 18.7 Å². The first-order chi connectivity index (χ1) is 11.9. The van der Waals surface area contributed by atoms with Crippen LogP contribution in [0, 0.1) is 0 Å². The van der Waals surface area contributed by atoms with Gasteiger partial charge < -0.3 is 24.3 Å². The van der Waals surface area contributed by atoms with Gasteiger partial charge in [-0.15, -0.1) is 0 Å². The Hall–Kier alpha value is -2.20. The lowest BCUT2D eigenvalue weighted by molar-refractivity contribution is -0.142. The van der Waals surface area contributed by atoms with E-state index >= 15 is 0 Å².